The number of hydrogen-bond acceptors (Lipinski definition) is 6. The molecule has 116 valence electrons. The van der Waals surface area contributed by atoms with Crippen molar-refractivity contribution >= 4 is 37.3 Å². The molecule has 0 aliphatic rings. The molecule has 0 saturated carbocycles. The second kappa shape index (κ2) is 7.50. The molecule has 2 aromatic heterocycles. The zero-order valence-corrected chi connectivity index (χ0v) is 14.6. The number of halogens is 1. The van der Waals surface area contributed by atoms with Crippen LogP contribution in [0.2, 0.25) is 0 Å². The van der Waals surface area contributed by atoms with Crippen LogP contribution < -0.4 is 10.0 Å². The summed E-state index contributed by atoms with van der Waals surface area (Å²) >= 11 is 4.55. The fourth-order valence-corrected chi connectivity index (χ4v) is 4.26. The van der Waals surface area contributed by atoms with E-state index in [-0.39, 0.29) is 16.1 Å². The predicted octanol–water partition coefficient (Wildman–Crippen LogP) is 2.48. The monoisotopic (exact) mass is 393 g/mol. The van der Waals surface area contributed by atoms with Gasteiger partial charge in [-0.25, -0.2) is 18.1 Å². The summed E-state index contributed by atoms with van der Waals surface area (Å²) in [5.74, 6) is 0.574. The second-order valence-electron chi connectivity index (χ2n) is 4.28. The lowest BCUT2D eigenvalue weighted by Crippen LogP contribution is -2.23. The molecule has 6 nitrogen and oxygen atoms in total. The number of hydrogen-bond donors (Lipinski definition) is 2. The maximum absolute atomic E-state index is 12.2. The van der Waals surface area contributed by atoms with Gasteiger partial charge in [0.1, 0.15) is 15.7 Å². The molecule has 0 spiro atoms. The average Bonchev–Trinajstić information content (AvgIpc) is 3.07. The number of thiazole rings is 1. The molecule has 2 N–H and O–H groups in total. The van der Waals surface area contributed by atoms with Crippen molar-refractivity contribution in [3.63, 3.8) is 0 Å². The van der Waals surface area contributed by atoms with Gasteiger partial charge in [-0.1, -0.05) is 6.92 Å². The topological polar surface area (TPSA) is 84.2 Å². The van der Waals surface area contributed by atoms with Crippen molar-refractivity contribution < 1.29 is 12.8 Å². The third-order valence-corrected chi connectivity index (χ3v) is 5.66. The van der Waals surface area contributed by atoms with E-state index in [1.807, 2.05) is 0 Å². The van der Waals surface area contributed by atoms with Crippen molar-refractivity contribution in [1.29, 1.82) is 0 Å². The first kappa shape index (κ1) is 16.6. The Morgan fingerprint density at radius 3 is 2.90 bits per heavy atom. The van der Waals surface area contributed by atoms with Crippen LogP contribution >= 0.6 is 27.3 Å². The largest absolute Gasteiger partial charge is 0.452 e. The first-order valence-corrected chi connectivity index (χ1v) is 9.55. The Hall–Kier alpha value is -0.740. The number of aromatic nitrogens is 1. The highest BCUT2D eigenvalue weighted by atomic mass is 79.9. The van der Waals surface area contributed by atoms with Gasteiger partial charge in [0, 0.05) is 17.6 Å². The van der Waals surface area contributed by atoms with E-state index in [1.165, 1.54) is 17.4 Å². The maximum atomic E-state index is 12.2. The van der Waals surface area contributed by atoms with Crippen molar-refractivity contribution in [2.24, 2.45) is 0 Å². The summed E-state index contributed by atoms with van der Waals surface area (Å²) < 4.78 is 32.6. The van der Waals surface area contributed by atoms with E-state index < -0.39 is 10.0 Å². The molecule has 2 aromatic rings. The first-order chi connectivity index (χ1) is 10.0. The van der Waals surface area contributed by atoms with Crippen LogP contribution in [0, 0.1) is 0 Å². The van der Waals surface area contributed by atoms with E-state index in [0.29, 0.717) is 17.3 Å². The molecule has 0 fully saturated rings. The minimum atomic E-state index is -3.63. The van der Waals surface area contributed by atoms with Crippen LogP contribution in [0.25, 0.3) is 0 Å². The highest BCUT2D eigenvalue weighted by molar-refractivity contribution is 9.10. The summed E-state index contributed by atoms with van der Waals surface area (Å²) in [6.45, 7) is 3.57. The zero-order chi connectivity index (χ0) is 15.3. The summed E-state index contributed by atoms with van der Waals surface area (Å²) in [6, 6.07) is 1.52. The predicted molar refractivity (Wildman–Crippen MR) is 84.5 cm³/mol. The summed E-state index contributed by atoms with van der Waals surface area (Å²) in [5.41, 5.74) is 0. The lowest BCUT2D eigenvalue weighted by molar-refractivity contribution is 0.461. The van der Waals surface area contributed by atoms with Crippen LogP contribution in [0.5, 0.6) is 0 Å². The molecule has 0 aliphatic carbocycles. The lowest BCUT2D eigenvalue weighted by atomic mass is 10.4. The van der Waals surface area contributed by atoms with Crippen molar-refractivity contribution in [1.82, 2.24) is 15.0 Å². The third kappa shape index (κ3) is 4.62. The molecule has 2 heterocycles. The first-order valence-electron chi connectivity index (χ1n) is 6.40. The average molecular weight is 394 g/mol. The van der Waals surface area contributed by atoms with Crippen LogP contribution in [0.4, 0.5) is 0 Å². The molecule has 0 radical (unpaired) electrons. The molecule has 21 heavy (non-hydrogen) atoms. The van der Waals surface area contributed by atoms with E-state index in [9.17, 15) is 8.42 Å². The second-order valence-corrected chi connectivity index (χ2v) is 7.71. The summed E-state index contributed by atoms with van der Waals surface area (Å²) in [4.78, 5) is 4.14. The van der Waals surface area contributed by atoms with E-state index in [1.54, 1.807) is 11.6 Å². The molecule has 0 atom stereocenters. The lowest BCUT2D eigenvalue weighted by Gasteiger charge is -2.02. The normalized spacial score (nSPS) is 11.9. The van der Waals surface area contributed by atoms with Crippen LogP contribution in [0.1, 0.15) is 24.1 Å². The Bertz CT molecular complexity index is 668. The summed E-state index contributed by atoms with van der Waals surface area (Å²) in [6.07, 6.45) is 2.64. The van der Waals surface area contributed by atoms with Crippen LogP contribution in [-0.2, 0) is 23.1 Å². The molecular formula is C12H16BrN3O3S2. The molecule has 0 bridgehead atoms. The Labute approximate surface area is 136 Å². The van der Waals surface area contributed by atoms with Crippen molar-refractivity contribution in [3.8, 4) is 0 Å². The van der Waals surface area contributed by atoms with Crippen molar-refractivity contribution in [2.45, 2.75) is 31.3 Å². The Kier molecular flexibility index (Phi) is 5.94. The van der Waals surface area contributed by atoms with Gasteiger partial charge in [-0.05, 0) is 28.9 Å². The molecule has 0 aliphatic heterocycles. The van der Waals surface area contributed by atoms with Gasteiger partial charge in [0.05, 0.1) is 13.1 Å². The minimum absolute atomic E-state index is 0.104. The number of furan rings is 1. The van der Waals surface area contributed by atoms with E-state index in [4.69, 9.17) is 4.42 Å². The summed E-state index contributed by atoms with van der Waals surface area (Å²) in [7, 11) is -3.63. The fraction of sp³-hybridized carbons (Fsp3) is 0.417. The van der Waals surface area contributed by atoms with E-state index >= 15 is 0 Å². The molecule has 0 amide bonds. The van der Waals surface area contributed by atoms with Gasteiger partial charge in [0.25, 0.3) is 0 Å². The molecular weight excluding hydrogens is 378 g/mol. The fourth-order valence-electron chi connectivity index (χ4n) is 1.63. The molecule has 0 unspecified atom stereocenters. The van der Waals surface area contributed by atoms with Crippen LogP contribution in [0.15, 0.2) is 31.6 Å². The van der Waals surface area contributed by atoms with Gasteiger partial charge in [0.15, 0.2) is 4.67 Å². The SMILES string of the molecule is CCCNCc1cc(S(=O)(=O)NCc2nccs2)c(Br)o1. The number of nitrogens with zero attached hydrogens (tertiary/aromatic N) is 1. The van der Waals surface area contributed by atoms with Crippen LogP contribution in [0.3, 0.4) is 0 Å². The van der Waals surface area contributed by atoms with Crippen molar-refractivity contribution in [3.05, 3.63) is 33.1 Å². The van der Waals surface area contributed by atoms with Gasteiger partial charge in [0.2, 0.25) is 10.0 Å². The third-order valence-electron chi connectivity index (χ3n) is 2.62. The number of rotatable bonds is 8. The van der Waals surface area contributed by atoms with Crippen molar-refractivity contribution in [2.75, 3.05) is 6.54 Å². The number of sulfonamides is 1. The highest BCUT2D eigenvalue weighted by Gasteiger charge is 2.22. The highest BCUT2D eigenvalue weighted by Crippen LogP contribution is 2.26. The summed E-state index contributed by atoms with van der Waals surface area (Å²) in [5, 5.41) is 5.67. The maximum Gasteiger partial charge on any atom is 0.245 e. The van der Waals surface area contributed by atoms with Gasteiger partial charge >= 0.3 is 0 Å². The van der Waals surface area contributed by atoms with E-state index in [0.717, 1.165) is 13.0 Å². The molecule has 9 heteroatoms. The Morgan fingerprint density at radius 1 is 1.43 bits per heavy atom. The van der Waals surface area contributed by atoms with Gasteiger partial charge in [-0.3, -0.25) is 0 Å². The van der Waals surface area contributed by atoms with Gasteiger partial charge < -0.3 is 9.73 Å². The smallest absolute Gasteiger partial charge is 0.245 e. The van der Waals surface area contributed by atoms with Gasteiger partial charge in [-0.15, -0.1) is 11.3 Å². The van der Waals surface area contributed by atoms with Crippen LogP contribution in [-0.4, -0.2) is 19.9 Å². The van der Waals surface area contributed by atoms with Gasteiger partial charge in [-0.2, -0.15) is 0 Å². The Balaban J connectivity index is 2.05. The minimum Gasteiger partial charge on any atom is -0.452 e. The standard InChI is InChI=1S/C12H16BrN3O3S2/c1-2-3-14-7-9-6-10(12(13)19-9)21(17,18)16-8-11-15-4-5-20-11/h4-6,14,16H,2-3,7-8H2,1H3. The molecule has 0 aromatic carbocycles. The Morgan fingerprint density at radius 2 is 2.24 bits per heavy atom. The quantitative estimate of drug-likeness (QED) is 0.672. The number of nitrogens with one attached hydrogen (secondary N) is 2. The zero-order valence-electron chi connectivity index (χ0n) is 11.4. The molecule has 0 saturated heterocycles. The molecule has 2 rings (SSSR count). The van der Waals surface area contributed by atoms with E-state index in [2.05, 4.69) is 37.9 Å².